The van der Waals surface area contributed by atoms with Crippen LogP contribution >= 0.6 is 0 Å². The molecule has 2 aromatic rings. The molecule has 4 aliphatic heterocycles. The van der Waals surface area contributed by atoms with Crippen molar-refractivity contribution in [1.29, 1.82) is 0 Å². The maximum absolute atomic E-state index is 13.7. The molecular formula is C60H110N20O4. The van der Waals surface area contributed by atoms with Crippen molar-refractivity contribution in [3.8, 4) is 0 Å². The van der Waals surface area contributed by atoms with E-state index in [1.165, 1.54) is 0 Å². The highest BCUT2D eigenvalue weighted by molar-refractivity contribution is 5.88. The second-order valence-electron chi connectivity index (χ2n) is 32.1. The first-order chi connectivity index (χ1) is 38.0. The molecule has 4 saturated heterocycles. The fourth-order valence-corrected chi connectivity index (χ4v) is 13.5. The lowest BCUT2D eigenvalue weighted by atomic mass is 9.89. The molecule has 24 nitrogen and oxygen atoms in total. The van der Waals surface area contributed by atoms with Gasteiger partial charge >= 0.3 is 0 Å². The van der Waals surface area contributed by atoms with Crippen LogP contribution < -0.4 is 53.2 Å². The van der Waals surface area contributed by atoms with Crippen LogP contribution in [0.3, 0.4) is 0 Å². The van der Waals surface area contributed by atoms with E-state index < -0.39 is 44.3 Å². The Bertz CT molecular complexity index is 2370. The molecule has 2 aromatic heterocycles. The minimum Gasteiger partial charge on any atom is -0.354 e. The third-order valence-corrected chi connectivity index (χ3v) is 15.3. The molecule has 0 radical (unpaired) electrons. The van der Waals surface area contributed by atoms with Gasteiger partial charge in [0.15, 0.2) is 0 Å². The van der Waals surface area contributed by atoms with Gasteiger partial charge in [-0.1, -0.05) is 12.8 Å². The standard InChI is InChI=1S/C60H110N20O4/c1-49(2,31-77-35-53(9,10)73-57(17,18)39(77)81)69-45-63-43(64-46(67-45)70-50(3,4)32-78-36-54(11,12)74-58(19,20)40(78)82)61-29-27-25-26-28-30-62-44-65-47(71-51(5,6)33-79-37-55(13,14)75-59(21,22)41(79)83)68-48(66-44)72-52(7,8)34-80-38-56(15,16)76-60(23,24)42(80)84/h73-76H,25-38H2,1-24H3,(H3,61,63,64,67,69,70)(H3,62,65,66,68,71,72). The van der Waals surface area contributed by atoms with Crippen molar-refractivity contribution in [2.24, 2.45) is 0 Å². The number of nitrogens with one attached hydrogen (secondary N) is 10. The first-order valence-corrected chi connectivity index (χ1v) is 30.5. The van der Waals surface area contributed by atoms with Crippen molar-refractivity contribution in [2.75, 3.05) is 97.3 Å². The van der Waals surface area contributed by atoms with Gasteiger partial charge in [-0.3, -0.25) is 40.4 Å². The lowest BCUT2D eigenvalue weighted by Gasteiger charge is -2.49. The number of carbonyl (C=O) groups is 4. The van der Waals surface area contributed by atoms with E-state index >= 15 is 0 Å². The van der Waals surface area contributed by atoms with Gasteiger partial charge in [0, 0.05) is 87.6 Å². The van der Waals surface area contributed by atoms with E-state index in [4.69, 9.17) is 29.9 Å². The predicted octanol–water partition coefficient (Wildman–Crippen LogP) is 5.86. The molecule has 6 rings (SSSR count). The lowest BCUT2D eigenvalue weighted by molar-refractivity contribution is -0.144. The fraction of sp³-hybridized carbons (Fsp3) is 0.833. The summed E-state index contributed by atoms with van der Waals surface area (Å²) < 4.78 is 0. The maximum atomic E-state index is 13.7. The molecular weight excluding hydrogens is 1060 g/mol. The third kappa shape index (κ3) is 18.5. The van der Waals surface area contributed by atoms with Crippen LogP contribution in [0.1, 0.15) is 192 Å². The van der Waals surface area contributed by atoms with Gasteiger partial charge in [-0.15, -0.1) is 0 Å². The number of nitrogens with zero attached hydrogens (tertiary/aromatic N) is 10. The molecule has 24 heteroatoms. The summed E-state index contributed by atoms with van der Waals surface area (Å²) in [5, 5.41) is 35.0. The van der Waals surface area contributed by atoms with Gasteiger partial charge in [0.2, 0.25) is 59.3 Å². The van der Waals surface area contributed by atoms with Crippen LogP contribution in [0, 0.1) is 0 Å². The Labute approximate surface area is 503 Å². The van der Waals surface area contributed by atoms with Gasteiger partial charge in [0.1, 0.15) is 0 Å². The van der Waals surface area contributed by atoms with Crippen molar-refractivity contribution in [3.05, 3.63) is 0 Å². The Kier molecular flexibility index (Phi) is 19.1. The Morgan fingerprint density at radius 3 is 0.726 bits per heavy atom. The number of amides is 4. The first kappa shape index (κ1) is 67.7. The molecule has 0 unspecified atom stereocenters. The molecule has 0 saturated carbocycles. The SMILES string of the molecule is CC(C)(CN1CC(C)(C)NC(C)(C)C1=O)Nc1nc(NCCCCCCNc2nc(NC(C)(C)CN3CC(C)(C)NC(C)(C)C3=O)nc(NC(C)(C)CN3CC(C)(C)NC(C)(C)C3=O)n2)nc(NC(C)(C)CN2CC(C)(C)NC(C)(C)C2=O)n1. The molecule has 10 N–H and O–H groups in total. The van der Waals surface area contributed by atoms with Crippen LogP contribution in [-0.4, -0.2) is 205 Å². The van der Waals surface area contributed by atoms with Gasteiger partial charge in [0.25, 0.3) is 0 Å². The van der Waals surface area contributed by atoms with Crippen LogP contribution in [-0.2, 0) is 19.2 Å². The quantitative estimate of drug-likeness (QED) is 0.0521. The van der Waals surface area contributed by atoms with E-state index in [2.05, 4.69) is 109 Å². The summed E-state index contributed by atoms with van der Waals surface area (Å²) in [7, 11) is 0. The van der Waals surface area contributed by atoms with Gasteiger partial charge in [-0.25, -0.2) is 0 Å². The highest BCUT2D eigenvalue weighted by Gasteiger charge is 2.49. The average molecular weight is 1180 g/mol. The summed E-state index contributed by atoms with van der Waals surface area (Å²) in [6.45, 7) is 53.7. The number of carbonyl (C=O) groups excluding carboxylic acids is 4. The maximum Gasteiger partial charge on any atom is 0.242 e. The highest BCUT2D eigenvalue weighted by atomic mass is 16.2. The highest BCUT2D eigenvalue weighted by Crippen LogP contribution is 2.31. The average Bonchev–Trinajstić information content (AvgIpc) is 3.47. The van der Waals surface area contributed by atoms with E-state index in [1.54, 1.807) is 0 Å². The number of hydrogen-bond donors (Lipinski definition) is 10. The van der Waals surface area contributed by atoms with Crippen molar-refractivity contribution >= 4 is 59.3 Å². The summed E-state index contributed by atoms with van der Waals surface area (Å²) in [5.74, 6) is 2.36. The molecule has 474 valence electrons. The Balaban J connectivity index is 1.13. The second kappa shape index (κ2) is 23.7. The van der Waals surface area contributed by atoms with Gasteiger partial charge < -0.3 is 51.5 Å². The molecule has 0 atom stereocenters. The summed E-state index contributed by atoms with van der Waals surface area (Å²) in [5.41, 5.74) is -6.50. The molecule has 4 aliphatic rings. The molecule has 0 spiro atoms. The summed E-state index contributed by atoms with van der Waals surface area (Å²) >= 11 is 0. The van der Waals surface area contributed by atoms with E-state index in [9.17, 15) is 19.2 Å². The third-order valence-electron chi connectivity index (χ3n) is 15.3. The van der Waals surface area contributed by atoms with Gasteiger partial charge in [0.05, 0.1) is 44.3 Å². The molecule has 0 aromatic carbocycles. The van der Waals surface area contributed by atoms with Crippen LogP contribution in [0.5, 0.6) is 0 Å². The molecule has 0 aliphatic carbocycles. The topological polar surface area (TPSA) is 279 Å². The Morgan fingerprint density at radius 1 is 0.333 bits per heavy atom. The van der Waals surface area contributed by atoms with Crippen LogP contribution in [0.25, 0.3) is 0 Å². The van der Waals surface area contributed by atoms with Crippen LogP contribution in [0.15, 0.2) is 0 Å². The number of hydrogen-bond acceptors (Lipinski definition) is 20. The number of anilines is 6. The first-order valence-electron chi connectivity index (χ1n) is 30.5. The van der Waals surface area contributed by atoms with Gasteiger partial charge in [-0.2, -0.15) is 29.9 Å². The second-order valence-corrected chi connectivity index (χ2v) is 32.1. The molecule has 6 heterocycles. The molecule has 84 heavy (non-hydrogen) atoms. The number of unbranched alkanes of at least 4 members (excludes halogenated alkanes) is 3. The monoisotopic (exact) mass is 1170 g/mol. The van der Waals surface area contributed by atoms with E-state index in [0.717, 1.165) is 25.7 Å². The van der Waals surface area contributed by atoms with Crippen molar-refractivity contribution < 1.29 is 19.2 Å². The Morgan fingerprint density at radius 2 is 0.524 bits per heavy atom. The lowest BCUT2D eigenvalue weighted by Crippen LogP contribution is -2.71. The number of piperazine rings is 4. The minimum absolute atomic E-state index is 0.0307. The molecule has 0 bridgehead atoms. The van der Waals surface area contributed by atoms with Crippen LogP contribution in [0.2, 0.25) is 0 Å². The van der Waals surface area contributed by atoms with Crippen LogP contribution in [0.4, 0.5) is 35.7 Å². The molecule has 4 fully saturated rings. The summed E-state index contributed by atoms with van der Waals surface area (Å²) in [4.78, 5) is 91.6. The van der Waals surface area contributed by atoms with Crippen molar-refractivity contribution in [2.45, 2.75) is 258 Å². The zero-order chi connectivity index (χ0) is 63.3. The Hall–Kier alpha value is -5.46. The largest absolute Gasteiger partial charge is 0.354 e. The molecule has 4 amide bonds. The van der Waals surface area contributed by atoms with Crippen molar-refractivity contribution in [1.82, 2.24) is 70.8 Å². The normalized spacial score (nSPS) is 22.0. The van der Waals surface area contributed by atoms with E-state index in [0.29, 0.717) is 101 Å². The number of rotatable bonds is 25. The van der Waals surface area contributed by atoms with E-state index in [-0.39, 0.29) is 45.8 Å². The minimum atomic E-state index is -0.719. The smallest absolute Gasteiger partial charge is 0.242 e. The fourth-order valence-electron chi connectivity index (χ4n) is 13.5. The van der Waals surface area contributed by atoms with Crippen molar-refractivity contribution in [3.63, 3.8) is 0 Å². The zero-order valence-corrected chi connectivity index (χ0v) is 56.0. The summed E-state index contributed by atoms with van der Waals surface area (Å²) in [6, 6.07) is 0. The van der Waals surface area contributed by atoms with E-state index in [1.807, 2.05) is 130 Å². The van der Waals surface area contributed by atoms with Gasteiger partial charge in [-0.05, 0) is 179 Å². The summed E-state index contributed by atoms with van der Waals surface area (Å²) in [6.07, 6.45) is 3.52. The zero-order valence-electron chi connectivity index (χ0n) is 56.0. The number of aromatic nitrogens is 6. The predicted molar refractivity (Wildman–Crippen MR) is 337 cm³/mol.